The maximum Gasteiger partial charge on any atom is 0.138 e. The van der Waals surface area contributed by atoms with Crippen LogP contribution in [0.5, 0.6) is 0 Å². The second-order valence-corrected chi connectivity index (χ2v) is 3.26. The molecule has 0 aromatic carbocycles. The fourth-order valence-corrected chi connectivity index (χ4v) is 1.27. The molecule has 1 unspecified atom stereocenters. The molecule has 1 aromatic rings. The number of nitrogens with zero attached hydrogens (tertiary/aromatic N) is 4. The quantitative estimate of drug-likeness (QED) is 0.669. The summed E-state index contributed by atoms with van der Waals surface area (Å²) in [5, 5.41) is 11.0. The van der Waals surface area contributed by atoms with Crippen molar-refractivity contribution < 1.29 is 0 Å². The Hall–Kier alpha value is -0.930. The van der Waals surface area contributed by atoms with Crippen molar-refractivity contribution in [3.8, 4) is 0 Å². The number of rotatable bonds is 5. The first kappa shape index (κ1) is 9.16. The maximum absolute atomic E-state index is 3.80. The Morgan fingerprint density at radius 3 is 2.83 bits per heavy atom. The summed E-state index contributed by atoms with van der Waals surface area (Å²) < 4.78 is 1.78. The van der Waals surface area contributed by atoms with E-state index in [1.54, 1.807) is 11.0 Å². The van der Waals surface area contributed by atoms with Crippen LogP contribution in [0.3, 0.4) is 0 Å². The Kier molecular flexibility index (Phi) is 3.70. The number of hydrogen-bond donors (Lipinski definition) is 0. The van der Waals surface area contributed by atoms with Crippen molar-refractivity contribution >= 4 is 0 Å². The van der Waals surface area contributed by atoms with Gasteiger partial charge in [0.25, 0.3) is 0 Å². The molecular weight excluding hydrogens is 152 g/mol. The Balaban J connectivity index is 2.17. The molecule has 68 valence electrons. The lowest BCUT2D eigenvalue weighted by Gasteiger charge is -2.08. The first-order chi connectivity index (χ1) is 5.83. The molecule has 1 heterocycles. The van der Waals surface area contributed by atoms with Crippen LogP contribution in [0.1, 0.15) is 33.1 Å². The standard InChI is InChI=1S/C8H16N4/c1-3-4-8(2)5-6-12-7-9-10-11-12/h7-8H,3-6H2,1-2H3. The molecule has 4 nitrogen and oxygen atoms in total. The van der Waals surface area contributed by atoms with Gasteiger partial charge in [-0.2, -0.15) is 0 Å². The maximum atomic E-state index is 3.80. The van der Waals surface area contributed by atoms with Crippen molar-refractivity contribution in [1.82, 2.24) is 20.2 Å². The molecule has 0 spiro atoms. The van der Waals surface area contributed by atoms with Crippen LogP contribution in [0.4, 0.5) is 0 Å². The van der Waals surface area contributed by atoms with Crippen molar-refractivity contribution in [2.45, 2.75) is 39.7 Å². The van der Waals surface area contributed by atoms with Gasteiger partial charge >= 0.3 is 0 Å². The third kappa shape index (κ3) is 2.98. The molecule has 0 saturated carbocycles. The Bertz CT molecular complexity index is 195. The summed E-state index contributed by atoms with van der Waals surface area (Å²) in [6.45, 7) is 5.43. The van der Waals surface area contributed by atoms with E-state index in [1.165, 1.54) is 19.3 Å². The minimum absolute atomic E-state index is 0.777. The minimum atomic E-state index is 0.777. The summed E-state index contributed by atoms with van der Waals surface area (Å²) in [5.41, 5.74) is 0. The van der Waals surface area contributed by atoms with E-state index in [0.29, 0.717) is 0 Å². The fraction of sp³-hybridized carbons (Fsp3) is 0.875. The van der Waals surface area contributed by atoms with Gasteiger partial charge in [-0.15, -0.1) is 5.10 Å². The fourth-order valence-electron chi connectivity index (χ4n) is 1.27. The van der Waals surface area contributed by atoms with Crippen LogP contribution >= 0.6 is 0 Å². The van der Waals surface area contributed by atoms with Crippen LogP contribution in [0.2, 0.25) is 0 Å². The van der Waals surface area contributed by atoms with E-state index in [1.807, 2.05) is 0 Å². The second kappa shape index (κ2) is 4.85. The molecule has 0 N–H and O–H groups in total. The van der Waals surface area contributed by atoms with E-state index >= 15 is 0 Å². The van der Waals surface area contributed by atoms with Crippen molar-refractivity contribution in [3.05, 3.63) is 6.33 Å². The highest BCUT2D eigenvalue weighted by molar-refractivity contribution is 4.53. The zero-order valence-corrected chi connectivity index (χ0v) is 7.77. The van der Waals surface area contributed by atoms with Crippen molar-refractivity contribution in [2.24, 2.45) is 5.92 Å². The van der Waals surface area contributed by atoms with E-state index in [-0.39, 0.29) is 0 Å². The average Bonchev–Trinajstić information content (AvgIpc) is 2.53. The SMILES string of the molecule is CCCC(C)CCn1cnnn1. The molecule has 12 heavy (non-hydrogen) atoms. The molecular formula is C8H16N4. The predicted molar refractivity (Wildman–Crippen MR) is 46.5 cm³/mol. The number of tetrazole rings is 1. The molecule has 0 aliphatic heterocycles. The zero-order valence-electron chi connectivity index (χ0n) is 7.77. The zero-order chi connectivity index (χ0) is 8.81. The van der Waals surface area contributed by atoms with E-state index in [4.69, 9.17) is 0 Å². The van der Waals surface area contributed by atoms with Gasteiger partial charge in [0.2, 0.25) is 0 Å². The Morgan fingerprint density at radius 1 is 1.42 bits per heavy atom. The van der Waals surface area contributed by atoms with Gasteiger partial charge in [-0.05, 0) is 22.8 Å². The highest BCUT2D eigenvalue weighted by Gasteiger charge is 2.00. The highest BCUT2D eigenvalue weighted by Crippen LogP contribution is 2.09. The minimum Gasteiger partial charge on any atom is -0.233 e. The number of aryl methyl sites for hydroxylation is 1. The van der Waals surface area contributed by atoms with E-state index < -0.39 is 0 Å². The van der Waals surface area contributed by atoms with Crippen LogP contribution in [0.15, 0.2) is 6.33 Å². The van der Waals surface area contributed by atoms with Gasteiger partial charge in [0.15, 0.2) is 0 Å². The number of hydrogen-bond acceptors (Lipinski definition) is 3. The second-order valence-electron chi connectivity index (χ2n) is 3.26. The van der Waals surface area contributed by atoms with Crippen LogP contribution in [0, 0.1) is 5.92 Å². The van der Waals surface area contributed by atoms with Crippen LogP contribution in [-0.4, -0.2) is 20.2 Å². The van der Waals surface area contributed by atoms with Gasteiger partial charge in [-0.1, -0.05) is 26.7 Å². The first-order valence-electron chi connectivity index (χ1n) is 4.53. The van der Waals surface area contributed by atoms with Crippen LogP contribution < -0.4 is 0 Å². The summed E-state index contributed by atoms with van der Waals surface area (Å²) >= 11 is 0. The molecule has 0 saturated heterocycles. The molecule has 1 aromatic heterocycles. The normalized spacial score (nSPS) is 13.2. The molecule has 0 fully saturated rings. The van der Waals surface area contributed by atoms with Crippen molar-refractivity contribution in [1.29, 1.82) is 0 Å². The Morgan fingerprint density at radius 2 is 2.25 bits per heavy atom. The lowest BCUT2D eigenvalue weighted by molar-refractivity contribution is 0.426. The van der Waals surface area contributed by atoms with E-state index in [9.17, 15) is 0 Å². The number of aromatic nitrogens is 4. The molecule has 4 heteroatoms. The smallest absolute Gasteiger partial charge is 0.138 e. The summed E-state index contributed by atoms with van der Waals surface area (Å²) in [4.78, 5) is 0. The lowest BCUT2D eigenvalue weighted by Crippen LogP contribution is -2.04. The van der Waals surface area contributed by atoms with Gasteiger partial charge in [0.1, 0.15) is 6.33 Å². The molecule has 0 aliphatic carbocycles. The van der Waals surface area contributed by atoms with Gasteiger partial charge in [0.05, 0.1) is 0 Å². The summed E-state index contributed by atoms with van der Waals surface area (Å²) in [6, 6.07) is 0. The summed E-state index contributed by atoms with van der Waals surface area (Å²) in [6.07, 6.45) is 5.39. The molecule has 1 rings (SSSR count). The topological polar surface area (TPSA) is 43.6 Å². The Labute approximate surface area is 73.0 Å². The summed E-state index contributed by atoms with van der Waals surface area (Å²) in [7, 11) is 0. The van der Waals surface area contributed by atoms with Crippen molar-refractivity contribution in [3.63, 3.8) is 0 Å². The molecule has 0 radical (unpaired) electrons. The van der Waals surface area contributed by atoms with Gasteiger partial charge in [-0.25, -0.2) is 4.68 Å². The lowest BCUT2D eigenvalue weighted by atomic mass is 10.0. The van der Waals surface area contributed by atoms with Gasteiger partial charge in [-0.3, -0.25) is 0 Å². The first-order valence-corrected chi connectivity index (χ1v) is 4.53. The van der Waals surface area contributed by atoms with E-state index in [0.717, 1.165) is 12.5 Å². The largest absolute Gasteiger partial charge is 0.233 e. The average molecular weight is 168 g/mol. The van der Waals surface area contributed by atoms with Crippen LogP contribution in [0.25, 0.3) is 0 Å². The van der Waals surface area contributed by atoms with Crippen molar-refractivity contribution in [2.75, 3.05) is 0 Å². The third-order valence-corrected chi connectivity index (χ3v) is 2.02. The summed E-state index contributed by atoms with van der Waals surface area (Å²) in [5.74, 6) is 0.777. The van der Waals surface area contributed by atoms with Gasteiger partial charge < -0.3 is 0 Å². The van der Waals surface area contributed by atoms with Crippen LogP contribution in [-0.2, 0) is 6.54 Å². The molecule has 0 amide bonds. The molecule has 0 aliphatic rings. The molecule has 0 bridgehead atoms. The molecule has 1 atom stereocenters. The third-order valence-electron chi connectivity index (χ3n) is 2.02. The van der Waals surface area contributed by atoms with E-state index in [2.05, 4.69) is 29.4 Å². The van der Waals surface area contributed by atoms with Gasteiger partial charge in [0, 0.05) is 6.54 Å². The predicted octanol–water partition coefficient (Wildman–Crippen LogP) is 1.50. The highest BCUT2D eigenvalue weighted by atomic mass is 15.5. The monoisotopic (exact) mass is 168 g/mol.